The Morgan fingerprint density at radius 3 is 2.81 bits per heavy atom. The fourth-order valence-electron chi connectivity index (χ4n) is 2.36. The molecular weight excluding hydrogens is 365 g/mol. The molecule has 3 aromatic heterocycles. The zero-order valence-electron chi connectivity index (χ0n) is 14.4. The molecule has 1 N–H and O–H groups in total. The van der Waals surface area contributed by atoms with Crippen molar-refractivity contribution in [3.05, 3.63) is 47.2 Å². The van der Waals surface area contributed by atoms with E-state index >= 15 is 0 Å². The fourth-order valence-corrected chi connectivity index (χ4v) is 2.36. The number of aryl methyl sites for hydroxylation is 2. The molecule has 0 saturated carbocycles. The van der Waals surface area contributed by atoms with Gasteiger partial charge < -0.3 is 10.1 Å². The van der Waals surface area contributed by atoms with Crippen molar-refractivity contribution in [2.24, 2.45) is 0 Å². The summed E-state index contributed by atoms with van der Waals surface area (Å²) in [7, 11) is 0. The van der Waals surface area contributed by atoms with Gasteiger partial charge in [-0.25, -0.2) is 14.5 Å². The second kappa shape index (κ2) is 7.17. The Kier molecular flexibility index (Phi) is 4.93. The molecule has 3 heterocycles. The molecule has 8 nitrogen and oxygen atoms in total. The van der Waals surface area contributed by atoms with Crippen molar-refractivity contribution in [1.29, 1.82) is 0 Å². The van der Waals surface area contributed by atoms with Gasteiger partial charge in [-0.1, -0.05) is 6.07 Å². The summed E-state index contributed by atoms with van der Waals surface area (Å²) in [5.41, 5.74) is 1.80. The number of rotatable bonds is 5. The van der Waals surface area contributed by atoms with E-state index in [1.54, 1.807) is 19.9 Å². The van der Waals surface area contributed by atoms with Gasteiger partial charge in [-0.15, -0.1) is 5.10 Å². The third kappa shape index (κ3) is 4.49. The first-order chi connectivity index (χ1) is 12.7. The van der Waals surface area contributed by atoms with Crippen LogP contribution in [-0.2, 0) is 6.54 Å². The fraction of sp³-hybridized carbons (Fsp3) is 0.312. The highest BCUT2D eigenvalue weighted by atomic mass is 19.4. The molecule has 0 aliphatic carbocycles. The van der Waals surface area contributed by atoms with Crippen molar-refractivity contribution >= 4 is 11.7 Å². The number of nitrogens with zero attached hydrogens (tertiary/aromatic N) is 5. The number of aromatic nitrogens is 5. The number of amides is 1. The Bertz CT molecular complexity index is 986. The predicted molar refractivity (Wildman–Crippen MR) is 87.2 cm³/mol. The molecule has 3 rings (SSSR count). The molecule has 27 heavy (non-hydrogen) atoms. The molecule has 0 fully saturated rings. The number of halogens is 3. The van der Waals surface area contributed by atoms with E-state index in [-0.39, 0.29) is 24.0 Å². The average molecular weight is 380 g/mol. The van der Waals surface area contributed by atoms with Crippen molar-refractivity contribution in [2.45, 2.75) is 26.6 Å². The van der Waals surface area contributed by atoms with Crippen molar-refractivity contribution in [2.75, 3.05) is 6.61 Å². The van der Waals surface area contributed by atoms with Crippen LogP contribution < -0.4 is 10.1 Å². The summed E-state index contributed by atoms with van der Waals surface area (Å²) in [4.78, 5) is 24.3. The lowest BCUT2D eigenvalue weighted by Crippen LogP contribution is -2.25. The van der Waals surface area contributed by atoms with E-state index in [0.717, 1.165) is 11.4 Å². The van der Waals surface area contributed by atoms with Crippen LogP contribution in [0.1, 0.15) is 27.6 Å². The molecule has 11 heteroatoms. The van der Waals surface area contributed by atoms with Crippen LogP contribution in [0.5, 0.6) is 5.88 Å². The van der Waals surface area contributed by atoms with E-state index in [9.17, 15) is 18.0 Å². The molecule has 142 valence electrons. The highest BCUT2D eigenvalue weighted by Crippen LogP contribution is 2.20. The maximum Gasteiger partial charge on any atom is 0.422 e. The molecule has 3 aromatic rings. The Balaban J connectivity index is 1.72. The largest absolute Gasteiger partial charge is 0.468 e. The van der Waals surface area contributed by atoms with Crippen LogP contribution in [-0.4, -0.2) is 43.3 Å². The summed E-state index contributed by atoms with van der Waals surface area (Å²) in [6.45, 7) is 2.04. The van der Waals surface area contributed by atoms with Gasteiger partial charge in [0.05, 0.1) is 0 Å². The van der Waals surface area contributed by atoms with Gasteiger partial charge in [0.1, 0.15) is 0 Å². The molecule has 0 radical (unpaired) electrons. The SMILES string of the molecule is Cc1cc(C)n2nc(C(=O)NCc3cccnc3OCC(F)(F)F)nc2n1. The number of carbonyl (C=O) groups excluding carboxylic acids is 1. The van der Waals surface area contributed by atoms with Crippen LogP contribution in [0, 0.1) is 13.8 Å². The number of pyridine rings is 1. The number of hydrogen-bond donors (Lipinski definition) is 1. The van der Waals surface area contributed by atoms with Crippen LogP contribution in [0.4, 0.5) is 13.2 Å². The van der Waals surface area contributed by atoms with Gasteiger partial charge in [0.15, 0.2) is 6.61 Å². The van der Waals surface area contributed by atoms with Gasteiger partial charge in [-0.3, -0.25) is 4.79 Å². The van der Waals surface area contributed by atoms with Crippen LogP contribution in [0.15, 0.2) is 24.4 Å². The number of hydrogen-bond acceptors (Lipinski definition) is 6. The summed E-state index contributed by atoms with van der Waals surface area (Å²) >= 11 is 0. The highest BCUT2D eigenvalue weighted by molar-refractivity contribution is 5.90. The van der Waals surface area contributed by atoms with Crippen molar-refractivity contribution < 1.29 is 22.7 Å². The second-order valence-electron chi connectivity index (χ2n) is 5.74. The summed E-state index contributed by atoms with van der Waals surface area (Å²) in [6.07, 6.45) is -3.18. The van der Waals surface area contributed by atoms with Gasteiger partial charge in [-0.05, 0) is 26.0 Å². The quantitative estimate of drug-likeness (QED) is 0.728. The zero-order valence-corrected chi connectivity index (χ0v) is 14.4. The number of carbonyl (C=O) groups is 1. The maximum absolute atomic E-state index is 12.3. The zero-order chi connectivity index (χ0) is 19.6. The molecule has 0 saturated heterocycles. The molecule has 0 bridgehead atoms. The monoisotopic (exact) mass is 380 g/mol. The Morgan fingerprint density at radius 1 is 1.30 bits per heavy atom. The number of ether oxygens (including phenoxy) is 1. The van der Waals surface area contributed by atoms with E-state index in [2.05, 4.69) is 30.1 Å². The van der Waals surface area contributed by atoms with Crippen LogP contribution >= 0.6 is 0 Å². The third-order valence-electron chi connectivity index (χ3n) is 3.48. The van der Waals surface area contributed by atoms with Gasteiger partial charge in [0.25, 0.3) is 11.7 Å². The standard InChI is InChI=1S/C16H15F3N6O2/c1-9-6-10(2)25-15(22-9)23-12(24-25)13(26)21-7-11-4-3-5-20-14(11)27-8-16(17,18)19/h3-6H,7-8H2,1-2H3,(H,21,26). The second-order valence-corrected chi connectivity index (χ2v) is 5.74. The molecule has 0 atom stereocenters. The van der Waals surface area contributed by atoms with Gasteiger partial charge >= 0.3 is 6.18 Å². The molecule has 0 unspecified atom stereocenters. The van der Waals surface area contributed by atoms with Crippen LogP contribution in [0.3, 0.4) is 0 Å². The van der Waals surface area contributed by atoms with Crippen molar-refractivity contribution in [3.63, 3.8) is 0 Å². The van der Waals surface area contributed by atoms with Gasteiger partial charge in [0, 0.05) is 29.7 Å². The Hall–Kier alpha value is -3.24. The smallest absolute Gasteiger partial charge is 0.422 e. The minimum Gasteiger partial charge on any atom is -0.468 e. The van der Waals surface area contributed by atoms with Crippen molar-refractivity contribution in [3.8, 4) is 5.88 Å². The minimum atomic E-state index is -4.48. The summed E-state index contributed by atoms with van der Waals surface area (Å²) in [5.74, 6) is -0.611. The first-order valence-electron chi connectivity index (χ1n) is 7.85. The third-order valence-corrected chi connectivity index (χ3v) is 3.48. The highest BCUT2D eigenvalue weighted by Gasteiger charge is 2.29. The molecule has 0 aliphatic heterocycles. The lowest BCUT2D eigenvalue weighted by molar-refractivity contribution is -0.154. The van der Waals surface area contributed by atoms with Crippen LogP contribution in [0.2, 0.25) is 0 Å². The van der Waals surface area contributed by atoms with E-state index in [4.69, 9.17) is 0 Å². The van der Waals surface area contributed by atoms with Crippen molar-refractivity contribution in [1.82, 2.24) is 29.9 Å². The first kappa shape index (κ1) is 18.5. The average Bonchev–Trinajstić information content (AvgIpc) is 3.02. The first-order valence-corrected chi connectivity index (χ1v) is 7.85. The van der Waals surface area contributed by atoms with E-state index in [1.807, 2.05) is 0 Å². The molecular formula is C16H15F3N6O2. The molecule has 0 aromatic carbocycles. The lowest BCUT2D eigenvalue weighted by atomic mass is 10.2. The van der Waals surface area contributed by atoms with Gasteiger partial charge in [0.2, 0.25) is 11.7 Å². The summed E-state index contributed by atoms with van der Waals surface area (Å²) in [6, 6.07) is 4.83. The number of nitrogens with one attached hydrogen (secondary N) is 1. The lowest BCUT2D eigenvalue weighted by Gasteiger charge is -2.12. The maximum atomic E-state index is 12.3. The van der Waals surface area contributed by atoms with E-state index in [1.165, 1.54) is 22.8 Å². The van der Waals surface area contributed by atoms with Gasteiger partial charge in [-0.2, -0.15) is 18.2 Å². The Labute approximate surface area is 151 Å². The number of fused-ring (bicyclic) bond motifs is 1. The molecule has 1 amide bonds. The minimum absolute atomic E-state index is 0.0964. The van der Waals surface area contributed by atoms with E-state index in [0.29, 0.717) is 5.56 Å². The van der Waals surface area contributed by atoms with E-state index < -0.39 is 18.7 Å². The molecule has 0 aliphatic rings. The summed E-state index contributed by atoms with van der Waals surface area (Å²) in [5, 5.41) is 6.63. The predicted octanol–water partition coefficient (Wildman–Crippen LogP) is 2.01. The summed E-state index contributed by atoms with van der Waals surface area (Å²) < 4.78 is 43.1. The topological polar surface area (TPSA) is 94.3 Å². The van der Waals surface area contributed by atoms with Crippen LogP contribution in [0.25, 0.3) is 5.78 Å². The normalized spacial score (nSPS) is 11.6. The Morgan fingerprint density at radius 2 is 2.07 bits per heavy atom. The number of alkyl halides is 3. The molecule has 0 spiro atoms.